The van der Waals surface area contributed by atoms with Crippen LogP contribution in [0.15, 0.2) is 9.42 Å². The fourth-order valence-electron chi connectivity index (χ4n) is 4.18. The molecule has 0 bridgehead atoms. The minimum atomic E-state index is -3.58. The van der Waals surface area contributed by atoms with Crippen LogP contribution in [0, 0.1) is 25.2 Å². The Morgan fingerprint density at radius 2 is 1.96 bits per heavy atom. The van der Waals surface area contributed by atoms with Crippen LogP contribution < -0.4 is 0 Å². The van der Waals surface area contributed by atoms with Crippen LogP contribution in [0.1, 0.15) is 24.3 Å². The van der Waals surface area contributed by atoms with E-state index in [1.165, 1.54) is 0 Å². The van der Waals surface area contributed by atoms with Crippen LogP contribution in [0.4, 0.5) is 0 Å². The summed E-state index contributed by atoms with van der Waals surface area (Å²) in [4.78, 5) is 2.38. The SMILES string of the molecule is Cc1noc(C)c1S(=O)(=O)N1CC(CN(C)C)C2(CCOCC2)C1. The molecular formula is C16H27N3O4S. The highest BCUT2D eigenvalue weighted by molar-refractivity contribution is 7.89. The van der Waals surface area contributed by atoms with Crippen LogP contribution in [0.3, 0.4) is 0 Å². The summed E-state index contributed by atoms with van der Waals surface area (Å²) in [7, 11) is 0.497. The minimum Gasteiger partial charge on any atom is -0.381 e. The molecule has 1 aromatic heterocycles. The van der Waals surface area contributed by atoms with E-state index in [-0.39, 0.29) is 10.3 Å². The van der Waals surface area contributed by atoms with Gasteiger partial charge in [0, 0.05) is 32.8 Å². The molecule has 0 saturated carbocycles. The maximum absolute atomic E-state index is 13.2. The molecule has 1 spiro atoms. The molecule has 2 saturated heterocycles. The fourth-order valence-corrected chi connectivity index (χ4v) is 6.05. The zero-order chi connectivity index (χ0) is 17.5. The number of aryl methyl sites for hydroxylation is 2. The molecule has 8 heteroatoms. The summed E-state index contributed by atoms with van der Waals surface area (Å²) in [5, 5.41) is 3.82. The molecule has 0 amide bonds. The Morgan fingerprint density at radius 1 is 1.29 bits per heavy atom. The molecule has 2 aliphatic heterocycles. The van der Waals surface area contributed by atoms with Crippen molar-refractivity contribution in [1.82, 2.24) is 14.4 Å². The van der Waals surface area contributed by atoms with Gasteiger partial charge in [-0.25, -0.2) is 8.42 Å². The van der Waals surface area contributed by atoms with Gasteiger partial charge in [0.1, 0.15) is 10.6 Å². The molecular weight excluding hydrogens is 330 g/mol. The highest BCUT2D eigenvalue weighted by Gasteiger charge is 2.51. The molecule has 3 heterocycles. The van der Waals surface area contributed by atoms with Crippen LogP contribution in [0.25, 0.3) is 0 Å². The Labute approximate surface area is 144 Å². The maximum Gasteiger partial charge on any atom is 0.248 e. The highest BCUT2D eigenvalue weighted by Crippen LogP contribution is 2.46. The Bertz CT molecular complexity index is 673. The second-order valence-corrected chi connectivity index (χ2v) is 9.26. The van der Waals surface area contributed by atoms with E-state index in [0.29, 0.717) is 43.7 Å². The summed E-state index contributed by atoms with van der Waals surface area (Å²) >= 11 is 0. The Balaban J connectivity index is 1.92. The van der Waals surface area contributed by atoms with Gasteiger partial charge in [0.2, 0.25) is 10.0 Å². The van der Waals surface area contributed by atoms with E-state index in [1.807, 2.05) is 14.1 Å². The lowest BCUT2D eigenvalue weighted by molar-refractivity contribution is -0.00333. The second kappa shape index (κ2) is 6.40. The molecule has 0 aromatic carbocycles. The minimum absolute atomic E-state index is 0.00850. The normalized spacial score (nSPS) is 25.0. The lowest BCUT2D eigenvalue weighted by atomic mass is 9.72. The van der Waals surface area contributed by atoms with E-state index in [4.69, 9.17) is 9.26 Å². The number of rotatable bonds is 4. The first-order valence-corrected chi connectivity index (χ1v) is 9.86. The lowest BCUT2D eigenvalue weighted by Crippen LogP contribution is -2.40. The van der Waals surface area contributed by atoms with Crippen molar-refractivity contribution in [3.8, 4) is 0 Å². The van der Waals surface area contributed by atoms with Crippen LogP contribution in [0.5, 0.6) is 0 Å². The summed E-state index contributed by atoms with van der Waals surface area (Å²) in [5.41, 5.74) is 0.443. The number of hydrogen-bond acceptors (Lipinski definition) is 6. The molecule has 7 nitrogen and oxygen atoms in total. The van der Waals surface area contributed by atoms with Crippen molar-refractivity contribution in [3.05, 3.63) is 11.5 Å². The number of ether oxygens (including phenoxy) is 1. The van der Waals surface area contributed by atoms with Crippen LogP contribution in [0.2, 0.25) is 0 Å². The third kappa shape index (κ3) is 3.00. The van der Waals surface area contributed by atoms with Crippen LogP contribution in [-0.2, 0) is 14.8 Å². The first-order valence-electron chi connectivity index (χ1n) is 8.42. The van der Waals surface area contributed by atoms with E-state index < -0.39 is 10.0 Å². The lowest BCUT2D eigenvalue weighted by Gasteiger charge is -2.39. The molecule has 1 atom stereocenters. The number of aromatic nitrogens is 1. The molecule has 24 heavy (non-hydrogen) atoms. The molecule has 0 aliphatic carbocycles. The first-order chi connectivity index (χ1) is 11.3. The Hall–Kier alpha value is -0.960. The predicted octanol–water partition coefficient (Wildman–Crippen LogP) is 1.27. The molecule has 136 valence electrons. The number of nitrogens with zero attached hydrogens (tertiary/aromatic N) is 3. The smallest absolute Gasteiger partial charge is 0.248 e. The summed E-state index contributed by atoms with van der Waals surface area (Å²) < 4.78 is 38.6. The summed E-state index contributed by atoms with van der Waals surface area (Å²) in [6.07, 6.45) is 1.83. The highest BCUT2D eigenvalue weighted by atomic mass is 32.2. The van der Waals surface area contributed by atoms with E-state index in [0.717, 1.165) is 19.4 Å². The Kier molecular flexibility index (Phi) is 4.76. The van der Waals surface area contributed by atoms with Crippen molar-refractivity contribution in [2.75, 3.05) is 46.9 Å². The quantitative estimate of drug-likeness (QED) is 0.808. The number of hydrogen-bond donors (Lipinski definition) is 0. The first kappa shape index (κ1) is 17.8. The zero-order valence-corrected chi connectivity index (χ0v) is 15.7. The third-order valence-corrected chi connectivity index (χ3v) is 7.48. The molecule has 0 radical (unpaired) electrons. The molecule has 3 rings (SSSR count). The average molecular weight is 357 g/mol. The summed E-state index contributed by atoms with van der Waals surface area (Å²) in [6.45, 7) is 6.75. The van der Waals surface area contributed by atoms with Gasteiger partial charge in [-0.2, -0.15) is 4.31 Å². The maximum atomic E-state index is 13.2. The van der Waals surface area contributed by atoms with E-state index in [2.05, 4.69) is 10.1 Å². The monoisotopic (exact) mass is 357 g/mol. The third-order valence-electron chi connectivity index (χ3n) is 5.42. The standard InChI is InChI=1S/C16H27N3O4S/c1-12-15(13(2)23-17-12)24(20,21)19-10-14(9-18(3)4)16(11-19)5-7-22-8-6-16/h14H,5-11H2,1-4H3. The summed E-state index contributed by atoms with van der Waals surface area (Å²) in [5.74, 6) is 0.677. The van der Waals surface area contributed by atoms with Crippen molar-refractivity contribution in [1.29, 1.82) is 0 Å². The van der Waals surface area contributed by atoms with Crippen LogP contribution >= 0.6 is 0 Å². The van der Waals surface area contributed by atoms with E-state index in [1.54, 1.807) is 18.2 Å². The van der Waals surface area contributed by atoms with Crippen molar-refractivity contribution >= 4 is 10.0 Å². The average Bonchev–Trinajstić information content (AvgIpc) is 3.02. The zero-order valence-electron chi connectivity index (χ0n) is 14.9. The van der Waals surface area contributed by atoms with Crippen LogP contribution in [-0.4, -0.2) is 69.7 Å². The molecule has 2 fully saturated rings. The molecule has 0 N–H and O–H groups in total. The number of sulfonamides is 1. The van der Waals surface area contributed by atoms with Gasteiger partial charge < -0.3 is 14.2 Å². The van der Waals surface area contributed by atoms with Gasteiger partial charge in [0.05, 0.1) is 0 Å². The van der Waals surface area contributed by atoms with E-state index >= 15 is 0 Å². The fraction of sp³-hybridized carbons (Fsp3) is 0.812. The van der Waals surface area contributed by atoms with Gasteiger partial charge in [0.15, 0.2) is 5.76 Å². The van der Waals surface area contributed by atoms with Gasteiger partial charge in [0.25, 0.3) is 0 Å². The van der Waals surface area contributed by atoms with Gasteiger partial charge in [-0.05, 0) is 52.1 Å². The van der Waals surface area contributed by atoms with Crippen molar-refractivity contribution in [3.63, 3.8) is 0 Å². The molecule has 1 aromatic rings. The Morgan fingerprint density at radius 3 is 2.50 bits per heavy atom. The van der Waals surface area contributed by atoms with Gasteiger partial charge in [-0.15, -0.1) is 0 Å². The van der Waals surface area contributed by atoms with Gasteiger partial charge in [-0.3, -0.25) is 0 Å². The second-order valence-electron chi connectivity index (χ2n) is 7.38. The van der Waals surface area contributed by atoms with Gasteiger partial charge in [-0.1, -0.05) is 5.16 Å². The predicted molar refractivity (Wildman–Crippen MR) is 89.3 cm³/mol. The largest absolute Gasteiger partial charge is 0.381 e. The van der Waals surface area contributed by atoms with Crippen molar-refractivity contribution < 1.29 is 17.7 Å². The topological polar surface area (TPSA) is 75.9 Å². The van der Waals surface area contributed by atoms with Gasteiger partial charge >= 0.3 is 0 Å². The molecule has 2 aliphatic rings. The van der Waals surface area contributed by atoms with Crippen molar-refractivity contribution in [2.45, 2.75) is 31.6 Å². The molecule has 1 unspecified atom stereocenters. The van der Waals surface area contributed by atoms with Crippen molar-refractivity contribution in [2.24, 2.45) is 11.3 Å². The van der Waals surface area contributed by atoms with E-state index in [9.17, 15) is 8.42 Å². The summed E-state index contributed by atoms with van der Waals surface area (Å²) in [6, 6.07) is 0.